The third kappa shape index (κ3) is 5.55. The SMILES string of the molecule is CCCOC(=O)C(CCC)[C@H](CC(=O)c1ccccc1)c1ccccc1. The molecule has 2 rings (SSSR count). The van der Waals surface area contributed by atoms with Gasteiger partial charge in [0.1, 0.15) is 0 Å². The molecule has 0 spiro atoms. The first kappa shape index (κ1) is 19.9. The highest BCUT2D eigenvalue weighted by atomic mass is 16.5. The van der Waals surface area contributed by atoms with Gasteiger partial charge in [0, 0.05) is 17.9 Å². The highest BCUT2D eigenvalue weighted by Crippen LogP contribution is 2.33. The lowest BCUT2D eigenvalue weighted by Gasteiger charge is -2.25. The second kappa shape index (κ2) is 10.5. The Hall–Kier alpha value is -2.42. The van der Waals surface area contributed by atoms with Crippen LogP contribution in [0.5, 0.6) is 0 Å². The molecule has 0 fully saturated rings. The molecule has 0 aliphatic carbocycles. The molecule has 0 radical (unpaired) electrons. The quantitative estimate of drug-likeness (QED) is 0.424. The van der Waals surface area contributed by atoms with Gasteiger partial charge in [-0.25, -0.2) is 0 Å². The number of carbonyl (C=O) groups excluding carboxylic acids is 2. The van der Waals surface area contributed by atoms with E-state index in [0.29, 0.717) is 25.0 Å². The minimum Gasteiger partial charge on any atom is -0.465 e. The number of rotatable bonds is 10. The predicted molar refractivity (Wildman–Crippen MR) is 104 cm³/mol. The molecule has 0 amide bonds. The smallest absolute Gasteiger partial charge is 0.309 e. The molecule has 3 nitrogen and oxygen atoms in total. The summed E-state index contributed by atoms with van der Waals surface area (Å²) in [6.45, 7) is 4.46. The number of hydrogen-bond acceptors (Lipinski definition) is 3. The van der Waals surface area contributed by atoms with E-state index in [4.69, 9.17) is 4.74 Å². The molecule has 0 saturated heterocycles. The van der Waals surface area contributed by atoms with Crippen LogP contribution in [0.15, 0.2) is 60.7 Å². The predicted octanol–water partition coefficient (Wildman–Crippen LogP) is 5.41. The molecular formula is C23H28O3. The van der Waals surface area contributed by atoms with Gasteiger partial charge < -0.3 is 4.74 Å². The highest BCUT2D eigenvalue weighted by molar-refractivity contribution is 5.96. The molecule has 0 aromatic heterocycles. The summed E-state index contributed by atoms with van der Waals surface area (Å²) >= 11 is 0. The molecule has 0 N–H and O–H groups in total. The van der Waals surface area contributed by atoms with Crippen molar-refractivity contribution in [2.75, 3.05) is 6.61 Å². The Balaban J connectivity index is 2.29. The summed E-state index contributed by atoms with van der Waals surface area (Å²) in [6, 6.07) is 19.1. The molecule has 0 heterocycles. The van der Waals surface area contributed by atoms with Crippen LogP contribution in [0.2, 0.25) is 0 Å². The molecule has 1 unspecified atom stereocenters. The zero-order chi connectivity index (χ0) is 18.8. The van der Waals surface area contributed by atoms with E-state index in [1.165, 1.54) is 0 Å². The summed E-state index contributed by atoms with van der Waals surface area (Å²) in [5.41, 5.74) is 1.70. The Morgan fingerprint density at radius 1 is 0.885 bits per heavy atom. The van der Waals surface area contributed by atoms with E-state index < -0.39 is 0 Å². The maximum atomic E-state index is 12.8. The van der Waals surface area contributed by atoms with E-state index >= 15 is 0 Å². The van der Waals surface area contributed by atoms with Crippen LogP contribution in [0.25, 0.3) is 0 Å². The van der Waals surface area contributed by atoms with Crippen LogP contribution in [0, 0.1) is 5.92 Å². The van der Waals surface area contributed by atoms with E-state index in [1.807, 2.05) is 67.6 Å². The van der Waals surface area contributed by atoms with Crippen molar-refractivity contribution >= 4 is 11.8 Å². The number of carbonyl (C=O) groups is 2. The summed E-state index contributed by atoms with van der Waals surface area (Å²) in [7, 11) is 0. The third-order valence-electron chi connectivity index (χ3n) is 4.57. The van der Waals surface area contributed by atoms with Crippen LogP contribution in [0.3, 0.4) is 0 Å². The Morgan fingerprint density at radius 2 is 1.50 bits per heavy atom. The van der Waals surface area contributed by atoms with Gasteiger partial charge in [0.15, 0.2) is 5.78 Å². The number of ether oxygens (including phenoxy) is 1. The Kier molecular flexibility index (Phi) is 8.07. The fourth-order valence-electron chi connectivity index (χ4n) is 3.24. The normalized spacial score (nSPS) is 13.0. The fourth-order valence-corrected chi connectivity index (χ4v) is 3.24. The van der Waals surface area contributed by atoms with Gasteiger partial charge >= 0.3 is 5.97 Å². The minimum atomic E-state index is -0.304. The average Bonchev–Trinajstić information content (AvgIpc) is 2.70. The second-order valence-electron chi connectivity index (χ2n) is 6.57. The van der Waals surface area contributed by atoms with Crippen LogP contribution in [-0.2, 0) is 9.53 Å². The lowest BCUT2D eigenvalue weighted by Crippen LogP contribution is -2.27. The van der Waals surface area contributed by atoms with Crippen LogP contribution in [0.1, 0.15) is 61.4 Å². The molecule has 0 saturated carbocycles. The van der Waals surface area contributed by atoms with Crippen molar-refractivity contribution in [1.29, 1.82) is 0 Å². The number of ketones is 1. The topological polar surface area (TPSA) is 43.4 Å². The molecule has 0 bridgehead atoms. The van der Waals surface area contributed by atoms with Crippen molar-refractivity contribution in [2.45, 2.75) is 45.4 Å². The van der Waals surface area contributed by atoms with E-state index in [-0.39, 0.29) is 23.6 Å². The second-order valence-corrected chi connectivity index (χ2v) is 6.57. The largest absolute Gasteiger partial charge is 0.465 e. The van der Waals surface area contributed by atoms with Gasteiger partial charge in [0.2, 0.25) is 0 Å². The first-order chi connectivity index (χ1) is 12.7. The molecule has 138 valence electrons. The number of hydrogen-bond donors (Lipinski definition) is 0. The Bertz CT molecular complexity index is 679. The van der Waals surface area contributed by atoms with Crippen molar-refractivity contribution in [3.8, 4) is 0 Å². The van der Waals surface area contributed by atoms with Crippen LogP contribution >= 0.6 is 0 Å². The van der Waals surface area contributed by atoms with Gasteiger partial charge in [-0.15, -0.1) is 0 Å². The summed E-state index contributed by atoms with van der Waals surface area (Å²) in [5.74, 6) is -0.609. The number of Topliss-reactive ketones (excluding diaryl/α,β-unsaturated/α-hetero) is 1. The van der Waals surface area contributed by atoms with Gasteiger partial charge in [0.05, 0.1) is 12.5 Å². The molecular weight excluding hydrogens is 324 g/mol. The maximum Gasteiger partial charge on any atom is 0.309 e. The summed E-state index contributed by atoms with van der Waals surface area (Å²) in [4.78, 5) is 25.5. The van der Waals surface area contributed by atoms with E-state index in [9.17, 15) is 9.59 Å². The van der Waals surface area contributed by atoms with Crippen molar-refractivity contribution in [1.82, 2.24) is 0 Å². The van der Waals surface area contributed by atoms with Crippen LogP contribution in [-0.4, -0.2) is 18.4 Å². The third-order valence-corrected chi connectivity index (χ3v) is 4.57. The van der Waals surface area contributed by atoms with Crippen LogP contribution < -0.4 is 0 Å². The zero-order valence-electron chi connectivity index (χ0n) is 15.7. The molecule has 26 heavy (non-hydrogen) atoms. The van der Waals surface area contributed by atoms with Crippen molar-refractivity contribution in [3.63, 3.8) is 0 Å². The highest BCUT2D eigenvalue weighted by Gasteiger charge is 2.32. The molecule has 2 aromatic rings. The van der Waals surface area contributed by atoms with Crippen molar-refractivity contribution < 1.29 is 14.3 Å². The maximum absolute atomic E-state index is 12.8. The summed E-state index contributed by atoms with van der Waals surface area (Å²) in [5, 5.41) is 0. The summed E-state index contributed by atoms with van der Waals surface area (Å²) in [6.07, 6.45) is 2.68. The Labute approximate surface area is 156 Å². The van der Waals surface area contributed by atoms with Crippen molar-refractivity contribution in [2.24, 2.45) is 5.92 Å². The van der Waals surface area contributed by atoms with E-state index in [2.05, 4.69) is 6.92 Å². The van der Waals surface area contributed by atoms with Gasteiger partial charge in [-0.3, -0.25) is 9.59 Å². The average molecular weight is 352 g/mol. The molecule has 2 aromatic carbocycles. The van der Waals surface area contributed by atoms with E-state index in [0.717, 1.165) is 18.4 Å². The fraction of sp³-hybridized carbons (Fsp3) is 0.391. The minimum absolute atomic E-state index is 0.0591. The first-order valence-electron chi connectivity index (χ1n) is 9.47. The van der Waals surface area contributed by atoms with Gasteiger partial charge in [0.25, 0.3) is 0 Å². The van der Waals surface area contributed by atoms with Gasteiger partial charge in [-0.2, -0.15) is 0 Å². The molecule has 0 aliphatic rings. The van der Waals surface area contributed by atoms with Gasteiger partial charge in [-0.1, -0.05) is 80.9 Å². The van der Waals surface area contributed by atoms with Crippen molar-refractivity contribution in [3.05, 3.63) is 71.8 Å². The summed E-state index contributed by atoms with van der Waals surface area (Å²) < 4.78 is 5.45. The first-order valence-corrected chi connectivity index (χ1v) is 9.47. The molecule has 3 heteroatoms. The number of benzene rings is 2. The van der Waals surface area contributed by atoms with E-state index in [1.54, 1.807) is 0 Å². The Morgan fingerprint density at radius 3 is 2.08 bits per heavy atom. The molecule has 0 aliphatic heterocycles. The number of esters is 1. The lowest BCUT2D eigenvalue weighted by atomic mass is 9.79. The van der Waals surface area contributed by atoms with Crippen LogP contribution in [0.4, 0.5) is 0 Å². The monoisotopic (exact) mass is 352 g/mol. The van der Waals surface area contributed by atoms with Gasteiger partial charge in [-0.05, 0) is 18.4 Å². The standard InChI is InChI=1S/C23H28O3/c1-3-11-20(23(25)26-16-4-2)21(18-12-7-5-8-13-18)17-22(24)19-14-9-6-10-15-19/h5-10,12-15,20-21H,3-4,11,16-17H2,1-2H3/t20?,21-/m1/s1. The zero-order valence-corrected chi connectivity index (χ0v) is 15.7. The molecule has 2 atom stereocenters. The lowest BCUT2D eigenvalue weighted by molar-refractivity contribution is -0.149.